The van der Waals surface area contributed by atoms with Gasteiger partial charge in [0.15, 0.2) is 5.78 Å². The molecule has 16 heavy (non-hydrogen) atoms. The third-order valence-electron chi connectivity index (χ3n) is 2.14. The molecule has 0 saturated heterocycles. The van der Waals surface area contributed by atoms with Gasteiger partial charge in [0, 0.05) is 13.2 Å². The maximum atomic E-state index is 13.3. The van der Waals surface area contributed by atoms with Crippen LogP contribution in [0.25, 0.3) is 0 Å². The summed E-state index contributed by atoms with van der Waals surface area (Å²) in [6.07, 6.45) is 2.76. The van der Waals surface area contributed by atoms with Gasteiger partial charge in [-0.1, -0.05) is 0 Å². The van der Waals surface area contributed by atoms with E-state index in [4.69, 9.17) is 0 Å². The normalized spacial score (nSPS) is 10.4. The van der Waals surface area contributed by atoms with Gasteiger partial charge < -0.3 is 0 Å². The summed E-state index contributed by atoms with van der Waals surface area (Å²) in [6, 6.07) is 2.78. The van der Waals surface area contributed by atoms with E-state index in [2.05, 4.69) is 5.10 Å². The standard InChI is InChI=1S/C11H8F2N2O/c1-15-6-7(5-14-15)11(16)9-4-8(12)2-3-10(9)13/h2-6H,1H3. The summed E-state index contributed by atoms with van der Waals surface area (Å²) in [4.78, 5) is 11.8. The number of ketones is 1. The number of carbonyl (C=O) groups excluding carboxylic acids is 1. The first-order valence-corrected chi connectivity index (χ1v) is 4.56. The molecular formula is C11H8F2N2O. The molecule has 2 rings (SSSR count). The van der Waals surface area contributed by atoms with Crippen molar-refractivity contribution < 1.29 is 13.6 Å². The highest BCUT2D eigenvalue weighted by Gasteiger charge is 2.16. The maximum Gasteiger partial charge on any atom is 0.199 e. The van der Waals surface area contributed by atoms with Gasteiger partial charge in [0.2, 0.25) is 0 Å². The number of hydrogen-bond donors (Lipinski definition) is 0. The first-order chi connectivity index (χ1) is 7.58. The van der Waals surface area contributed by atoms with Gasteiger partial charge in [-0.05, 0) is 18.2 Å². The summed E-state index contributed by atoms with van der Waals surface area (Å²) in [5.74, 6) is -1.96. The molecule has 5 heteroatoms. The molecule has 1 heterocycles. The van der Waals surface area contributed by atoms with Crippen molar-refractivity contribution in [2.45, 2.75) is 0 Å². The number of rotatable bonds is 2. The average Bonchev–Trinajstić information content (AvgIpc) is 2.67. The fourth-order valence-corrected chi connectivity index (χ4v) is 1.37. The molecule has 0 spiro atoms. The molecule has 1 aromatic heterocycles. The van der Waals surface area contributed by atoms with Crippen LogP contribution in [-0.2, 0) is 7.05 Å². The molecule has 0 unspecified atom stereocenters. The molecule has 0 radical (unpaired) electrons. The third-order valence-corrected chi connectivity index (χ3v) is 2.14. The van der Waals surface area contributed by atoms with Gasteiger partial charge in [-0.2, -0.15) is 5.10 Å². The number of aromatic nitrogens is 2. The summed E-state index contributed by atoms with van der Waals surface area (Å²) < 4.78 is 27.6. The van der Waals surface area contributed by atoms with Gasteiger partial charge in [0.1, 0.15) is 11.6 Å². The first kappa shape index (κ1) is 10.5. The van der Waals surface area contributed by atoms with Gasteiger partial charge in [0.25, 0.3) is 0 Å². The van der Waals surface area contributed by atoms with Crippen LogP contribution in [0.3, 0.4) is 0 Å². The number of nitrogens with zero attached hydrogens (tertiary/aromatic N) is 2. The van der Waals surface area contributed by atoms with Crippen LogP contribution >= 0.6 is 0 Å². The van der Waals surface area contributed by atoms with E-state index < -0.39 is 17.4 Å². The van der Waals surface area contributed by atoms with E-state index in [9.17, 15) is 13.6 Å². The number of carbonyl (C=O) groups is 1. The smallest absolute Gasteiger partial charge is 0.199 e. The van der Waals surface area contributed by atoms with Crippen LogP contribution in [-0.4, -0.2) is 15.6 Å². The molecule has 0 saturated carbocycles. The summed E-state index contributed by atoms with van der Waals surface area (Å²) in [7, 11) is 1.64. The minimum Gasteiger partial charge on any atom is -0.288 e. The van der Waals surface area contributed by atoms with Crippen molar-refractivity contribution >= 4 is 5.78 Å². The molecule has 0 aliphatic heterocycles. The molecule has 3 nitrogen and oxygen atoms in total. The van der Waals surface area contributed by atoms with Crippen LogP contribution in [0.4, 0.5) is 8.78 Å². The second kappa shape index (κ2) is 3.84. The van der Waals surface area contributed by atoms with E-state index >= 15 is 0 Å². The van der Waals surface area contributed by atoms with E-state index in [1.807, 2.05) is 0 Å². The predicted molar refractivity (Wildman–Crippen MR) is 53.0 cm³/mol. The second-order valence-electron chi connectivity index (χ2n) is 3.36. The molecule has 2 aromatic rings. The number of benzene rings is 1. The SMILES string of the molecule is Cn1cc(C(=O)c2cc(F)ccc2F)cn1. The Balaban J connectivity index is 2.45. The lowest BCUT2D eigenvalue weighted by atomic mass is 10.1. The summed E-state index contributed by atoms with van der Waals surface area (Å²) in [6.45, 7) is 0. The Morgan fingerprint density at radius 1 is 1.38 bits per heavy atom. The minimum absolute atomic E-state index is 0.229. The molecule has 0 aliphatic rings. The van der Waals surface area contributed by atoms with Crippen molar-refractivity contribution in [3.05, 3.63) is 53.4 Å². The Bertz CT molecular complexity index is 549. The number of hydrogen-bond acceptors (Lipinski definition) is 2. The van der Waals surface area contributed by atoms with Gasteiger partial charge in [-0.15, -0.1) is 0 Å². The topological polar surface area (TPSA) is 34.9 Å². The highest BCUT2D eigenvalue weighted by molar-refractivity contribution is 6.08. The molecule has 0 amide bonds. The number of halogens is 2. The fraction of sp³-hybridized carbons (Fsp3) is 0.0909. The van der Waals surface area contributed by atoms with Crippen molar-refractivity contribution in [2.75, 3.05) is 0 Å². The van der Waals surface area contributed by atoms with Crippen molar-refractivity contribution in [3.8, 4) is 0 Å². The summed E-state index contributed by atoms with van der Waals surface area (Å²) in [5, 5.41) is 3.79. The molecule has 0 N–H and O–H groups in total. The van der Waals surface area contributed by atoms with E-state index in [1.165, 1.54) is 17.1 Å². The van der Waals surface area contributed by atoms with Gasteiger partial charge >= 0.3 is 0 Å². The van der Waals surface area contributed by atoms with Gasteiger partial charge in [-0.3, -0.25) is 9.48 Å². The Labute approximate surface area is 90.3 Å². The molecule has 1 aromatic carbocycles. The van der Waals surface area contributed by atoms with Crippen molar-refractivity contribution in [2.24, 2.45) is 7.05 Å². The molecule has 0 atom stereocenters. The van der Waals surface area contributed by atoms with Crippen molar-refractivity contribution in [1.82, 2.24) is 9.78 Å². The number of aryl methyl sites for hydroxylation is 1. The molecular weight excluding hydrogens is 214 g/mol. The minimum atomic E-state index is -0.741. The zero-order valence-electron chi connectivity index (χ0n) is 8.45. The molecule has 82 valence electrons. The van der Waals surface area contributed by atoms with Gasteiger partial charge in [0.05, 0.1) is 17.3 Å². The van der Waals surface area contributed by atoms with Gasteiger partial charge in [-0.25, -0.2) is 8.78 Å². The highest BCUT2D eigenvalue weighted by Crippen LogP contribution is 2.14. The lowest BCUT2D eigenvalue weighted by Crippen LogP contribution is -2.04. The van der Waals surface area contributed by atoms with Crippen LogP contribution in [0.1, 0.15) is 15.9 Å². The lowest BCUT2D eigenvalue weighted by molar-refractivity contribution is 0.103. The van der Waals surface area contributed by atoms with Crippen LogP contribution in [0.15, 0.2) is 30.6 Å². The van der Waals surface area contributed by atoms with Crippen molar-refractivity contribution in [1.29, 1.82) is 0 Å². The highest BCUT2D eigenvalue weighted by atomic mass is 19.1. The van der Waals surface area contributed by atoms with E-state index in [1.54, 1.807) is 7.05 Å². The van der Waals surface area contributed by atoms with E-state index in [0.717, 1.165) is 18.2 Å². The largest absolute Gasteiger partial charge is 0.288 e. The zero-order chi connectivity index (χ0) is 11.7. The van der Waals surface area contributed by atoms with Crippen LogP contribution in [0.2, 0.25) is 0 Å². The zero-order valence-corrected chi connectivity index (χ0v) is 8.45. The molecule has 0 bridgehead atoms. The third kappa shape index (κ3) is 1.84. The van der Waals surface area contributed by atoms with Crippen LogP contribution in [0, 0.1) is 11.6 Å². The Morgan fingerprint density at radius 3 is 2.75 bits per heavy atom. The fourth-order valence-electron chi connectivity index (χ4n) is 1.37. The maximum absolute atomic E-state index is 13.3. The quantitative estimate of drug-likeness (QED) is 0.728. The molecule has 0 aliphatic carbocycles. The van der Waals surface area contributed by atoms with E-state index in [0.29, 0.717) is 0 Å². The second-order valence-corrected chi connectivity index (χ2v) is 3.36. The Kier molecular flexibility index (Phi) is 2.52. The first-order valence-electron chi connectivity index (χ1n) is 4.56. The van der Waals surface area contributed by atoms with Crippen LogP contribution in [0.5, 0.6) is 0 Å². The lowest BCUT2D eigenvalue weighted by Gasteiger charge is -2.00. The van der Waals surface area contributed by atoms with Crippen molar-refractivity contribution in [3.63, 3.8) is 0 Å². The summed E-state index contributed by atoms with van der Waals surface area (Å²) in [5.41, 5.74) is -0.0556. The Morgan fingerprint density at radius 2 is 2.12 bits per heavy atom. The Hall–Kier alpha value is -2.04. The molecule has 0 fully saturated rings. The average molecular weight is 222 g/mol. The predicted octanol–water partition coefficient (Wildman–Crippen LogP) is 1.93. The summed E-state index contributed by atoms with van der Waals surface area (Å²) >= 11 is 0. The van der Waals surface area contributed by atoms with Crippen LogP contribution < -0.4 is 0 Å². The monoisotopic (exact) mass is 222 g/mol. The van der Waals surface area contributed by atoms with E-state index in [-0.39, 0.29) is 11.1 Å².